The SMILES string of the molecule is CCC1(C2=CC3=C(CC2)OCO3)NC(=O)N(CCCCOC2=C(CCc3ccc(OC)cc3)C=C(C(O)(C(F)(F)F)C(F)(F)F)CC2)C1=O. The summed E-state index contributed by atoms with van der Waals surface area (Å²) in [6, 6.07) is 6.29. The van der Waals surface area contributed by atoms with Crippen LogP contribution in [0.1, 0.15) is 63.9 Å². The minimum absolute atomic E-state index is 0.0370. The van der Waals surface area contributed by atoms with E-state index in [1.54, 1.807) is 37.3 Å². The molecule has 1 atom stereocenters. The van der Waals surface area contributed by atoms with Gasteiger partial charge in [-0.05, 0) is 85.4 Å². The van der Waals surface area contributed by atoms with E-state index < -0.39 is 41.5 Å². The molecule has 9 nitrogen and oxygen atoms in total. The van der Waals surface area contributed by atoms with E-state index in [0.29, 0.717) is 49.4 Å². The number of unbranched alkanes of at least 4 members (excludes halogenated alkanes) is 1. The number of amides is 3. The first kappa shape index (κ1) is 36.1. The Morgan fingerprint density at radius 3 is 2.31 bits per heavy atom. The molecule has 0 bridgehead atoms. The van der Waals surface area contributed by atoms with Crippen molar-refractivity contribution in [2.24, 2.45) is 0 Å². The quantitative estimate of drug-likeness (QED) is 0.131. The van der Waals surface area contributed by atoms with Gasteiger partial charge in [0.05, 0.1) is 19.5 Å². The molecule has 2 heterocycles. The van der Waals surface area contributed by atoms with E-state index in [9.17, 15) is 41.0 Å². The minimum Gasteiger partial charge on any atom is -0.498 e. The Morgan fingerprint density at radius 1 is 0.939 bits per heavy atom. The molecule has 1 fully saturated rings. The Balaban J connectivity index is 1.26. The summed E-state index contributed by atoms with van der Waals surface area (Å²) in [6.07, 6.45) is -8.11. The minimum atomic E-state index is -5.99. The number of hydrogen-bond acceptors (Lipinski definition) is 7. The molecule has 4 aliphatic rings. The average Bonchev–Trinajstić information content (AvgIpc) is 3.64. The lowest BCUT2D eigenvalue weighted by atomic mass is 9.81. The van der Waals surface area contributed by atoms with Gasteiger partial charge in [-0.2, -0.15) is 26.3 Å². The molecule has 1 aromatic rings. The van der Waals surface area contributed by atoms with E-state index in [1.807, 2.05) is 0 Å². The Morgan fingerprint density at radius 2 is 1.65 bits per heavy atom. The Labute approximate surface area is 279 Å². The van der Waals surface area contributed by atoms with Gasteiger partial charge in [-0.3, -0.25) is 9.69 Å². The third-order valence-electron chi connectivity index (χ3n) is 9.41. The maximum absolute atomic E-state index is 13.7. The number of imide groups is 1. The van der Waals surface area contributed by atoms with Crippen LogP contribution in [0.4, 0.5) is 31.1 Å². The van der Waals surface area contributed by atoms with Gasteiger partial charge >= 0.3 is 18.4 Å². The number of halogens is 6. The standard InChI is InChI=1S/C34H38F6N2O7/c1-3-31(23-10-15-27-28(19-23)49-20-48-27)29(43)42(30(44)41-31)16-4-5-17-47-26-14-11-24(32(45,33(35,36)37)34(38,39)40)18-22(26)9-6-21-7-12-25(46-2)13-8-21/h7-8,12-13,18-19,45H,3-6,9-11,14-17,20H2,1-2H3,(H,41,44). The van der Waals surface area contributed by atoms with E-state index in [2.05, 4.69) is 5.32 Å². The van der Waals surface area contributed by atoms with Crippen molar-refractivity contribution in [3.05, 3.63) is 76.0 Å². The normalized spacial score (nSPS) is 21.6. The molecule has 2 N–H and O–H groups in total. The number of rotatable bonds is 13. The lowest BCUT2D eigenvalue weighted by Crippen LogP contribution is -2.58. The smallest absolute Gasteiger partial charge is 0.430 e. The number of nitrogens with one attached hydrogen (secondary N) is 1. The predicted molar refractivity (Wildman–Crippen MR) is 163 cm³/mol. The molecule has 2 aliphatic heterocycles. The molecule has 49 heavy (non-hydrogen) atoms. The largest absolute Gasteiger partial charge is 0.498 e. The van der Waals surface area contributed by atoms with Crippen LogP contribution in [0.5, 0.6) is 5.75 Å². The van der Waals surface area contributed by atoms with Gasteiger partial charge in [-0.25, -0.2) is 4.79 Å². The van der Waals surface area contributed by atoms with Gasteiger partial charge in [0.1, 0.15) is 17.0 Å². The summed E-state index contributed by atoms with van der Waals surface area (Å²) in [5.74, 6) is 1.68. The first-order valence-corrected chi connectivity index (χ1v) is 16.0. The molecular weight excluding hydrogens is 662 g/mol. The van der Waals surface area contributed by atoms with Crippen LogP contribution in [-0.2, 0) is 25.4 Å². The van der Waals surface area contributed by atoms with E-state index in [4.69, 9.17) is 18.9 Å². The third kappa shape index (κ3) is 6.99. The highest BCUT2D eigenvalue weighted by Crippen LogP contribution is 2.50. The van der Waals surface area contributed by atoms with Crippen LogP contribution in [-0.4, -0.2) is 72.5 Å². The van der Waals surface area contributed by atoms with Crippen LogP contribution >= 0.6 is 0 Å². The van der Waals surface area contributed by atoms with Crippen molar-refractivity contribution in [1.82, 2.24) is 10.2 Å². The number of allylic oxidation sites excluding steroid dienone is 5. The lowest BCUT2D eigenvalue weighted by Gasteiger charge is -2.36. The maximum Gasteiger partial charge on any atom is 0.430 e. The van der Waals surface area contributed by atoms with Gasteiger partial charge in [0, 0.05) is 19.4 Å². The van der Waals surface area contributed by atoms with Crippen molar-refractivity contribution < 1.29 is 60.0 Å². The molecule has 0 aromatic heterocycles. The zero-order valence-electron chi connectivity index (χ0n) is 27.1. The van der Waals surface area contributed by atoms with Gasteiger partial charge in [-0.1, -0.05) is 25.1 Å². The number of aliphatic hydroxyl groups is 1. The molecule has 3 amide bonds. The van der Waals surface area contributed by atoms with E-state index in [1.165, 1.54) is 7.11 Å². The number of methoxy groups -OCH3 is 1. The molecule has 5 rings (SSSR count). The van der Waals surface area contributed by atoms with Crippen molar-refractivity contribution in [3.63, 3.8) is 0 Å². The summed E-state index contributed by atoms with van der Waals surface area (Å²) < 4.78 is 104. The summed E-state index contributed by atoms with van der Waals surface area (Å²) in [4.78, 5) is 27.6. The molecular formula is C34H38F6N2O7. The number of carbonyl (C=O) groups is 2. The number of carbonyl (C=O) groups excluding carboxylic acids is 2. The Kier molecular flexibility index (Phi) is 10.3. The van der Waals surface area contributed by atoms with Gasteiger partial charge in [0.2, 0.25) is 6.79 Å². The molecule has 0 radical (unpaired) electrons. The topological polar surface area (TPSA) is 107 Å². The van der Waals surface area contributed by atoms with Crippen LogP contribution in [0.25, 0.3) is 0 Å². The first-order valence-electron chi connectivity index (χ1n) is 16.0. The number of ether oxygens (including phenoxy) is 4. The molecule has 268 valence electrons. The van der Waals surface area contributed by atoms with Gasteiger partial charge in [-0.15, -0.1) is 0 Å². The second-order valence-electron chi connectivity index (χ2n) is 12.2. The second kappa shape index (κ2) is 14.0. The van der Waals surface area contributed by atoms with Crippen molar-refractivity contribution in [2.45, 2.75) is 88.2 Å². The first-order chi connectivity index (χ1) is 23.1. The van der Waals surface area contributed by atoms with Crippen molar-refractivity contribution in [3.8, 4) is 5.75 Å². The molecule has 1 unspecified atom stereocenters. The highest BCUT2D eigenvalue weighted by atomic mass is 19.4. The molecule has 15 heteroatoms. The molecule has 0 saturated carbocycles. The van der Waals surface area contributed by atoms with Crippen molar-refractivity contribution in [2.75, 3.05) is 27.1 Å². The summed E-state index contributed by atoms with van der Waals surface area (Å²) in [6.45, 7) is 2.02. The van der Waals surface area contributed by atoms with Crippen LogP contribution in [0, 0.1) is 0 Å². The third-order valence-corrected chi connectivity index (χ3v) is 9.41. The predicted octanol–water partition coefficient (Wildman–Crippen LogP) is 6.89. The number of hydrogen-bond donors (Lipinski definition) is 2. The van der Waals surface area contributed by atoms with Gasteiger partial charge in [0.25, 0.3) is 11.5 Å². The lowest BCUT2D eigenvalue weighted by molar-refractivity contribution is -0.352. The Hall–Kier alpha value is -4.14. The van der Waals surface area contributed by atoms with Crippen LogP contribution in [0.3, 0.4) is 0 Å². The maximum atomic E-state index is 13.7. The summed E-state index contributed by atoms with van der Waals surface area (Å²) >= 11 is 0. The number of nitrogens with zero attached hydrogens (tertiary/aromatic N) is 1. The van der Waals surface area contributed by atoms with Crippen LogP contribution < -0.4 is 10.1 Å². The fraction of sp³-hybridized carbons (Fsp3) is 0.529. The molecule has 0 spiro atoms. The molecule has 2 aliphatic carbocycles. The number of aryl methyl sites for hydroxylation is 1. The highest BCUT2D eigenvalue weighted by molar-refractivity contribution is 6.09. The van der Waals surface area contributed by atoms with Gasteiger partial charge < -0.3 is 29.4 Å². The number of alkyl halides is 6. The number of benzene rings is 1. The summed E-state index contributed by atoms with van der Waals surface area (Å²) in [5, 5.41) is 12.9. The van der Waals surface area contributed by atoms with Crippen LogP contribution in [0.2, 0.25) is 0 Å². The molecule has 1 aromatic carbocycles. The molecule has 1 saturated heterocycles. The monoisotopic (exact) mass is 700 g/mol. The Bertz CT molecular complexity index is 1550. The van der Waals surface area contributed by atoms with Crippen molar-refractivity contribution >= 4 is 11.9 Å². The zero-order valence-corrected chi connectivity index (χ0v) is 27.1. The average molecular weight is 701 g/mol. The van der Waals surface area contributed by atoms with E-state index >= 15 is 0 Å². The zero-order chi connectivity index (χ0) is 35.6. The van der Waals surface area contributed by atoms with E-state index in [0.717, 1.165) is 22.1 Å². The van der Waals surface area contributed by atoms with Gasteiger partial charge in [0.15, 0.2) is 5.76 Å². The fourth-order valence-corrected chi connectivity index (χ4v) is 6.56. The number of urea groups is 1. The summed E-state index contributed by atoms with van der Waals surface area (Å²) in [5.41, 5.74) is -5.81. The summed E-state index contributed by atoms with van der Waals surface area (Å²) in [7, 11) is 1.49. The highest BCUT2D eigenvalue weighted by Gasteiger charge is 2.72. The van der Waals surface area contributed by atoms with Crippen LogP contribution in [0.15, 0.2) is 70.4 Å². The van der Waals surface area contributed by atoms with Crippen molar-refractivity contribution in [1.29, 1.82) is 0 Å². The van der Waals surface area contributed by atoms with E-state index in [-0.39, 0.29) is 56.4 Å². The fourth-order valence-electron chi connectivity index (χ4n) is 6.56. The second-order valence-corrected chi connectivity index (χ2v) is 12.2.